The lowest BCUT2D eigenvalue weighted by Gasteiger charge is -2.28. The molecule has 0 saturated heterocycles. The Morgan fingerprint density at radius 3 is 2.62 bits per heavy atom. The molecule has 8 nitrogen and oxygen atoms in total. The summed E-state index contributed by atoms with van der Waals surface area (Å²) in [7, 11) is 1.55. The first kappa shape index (κ1) is 19.0. The minimum absolute atomic E-state index is 0.0284. The molecule has 4 N–H and O–H groups in total. The van der Waals surface area contributed by atoms with Crippen LogP contribution in [0.3, 0.4) is 0 Å². The normalized spacial score (nSPS) is 13.9. The molecule has 1 aliphatic carbocycles. The number of anilines is 2. The standard InChI is InChI=1S/C20H21FN6O2/c1-28-10-12-7-17(27-20(23)26-12)29-19-13(11-3-2-4-11)5-6-14(18(19)21)15-8-25-16(22)9-24-15/h5-9,11H,2-4,10H2,1H3,(H2,22,25)(H2,23,26,27). The fourth-order valence-corrected chi connectivity index (χ4v) is 3.26. The Morgan fingerprint density at radius 1 is 1.14 bits per heavy atom. The summed E-state index contributed by atoms with van der Waals surface area (Å²) in [5.41, 5.74) is 13.3. The number of nitrogens with two attached hydrogens (primary N) is 2. The third kappa shape index (κ3) is 3.95. The zero-order chi connectivity index (χ0) is 20.4. The molecule has 1 aromatic carbocycles. The molecule has 150 valence electrons. The summed E-state index contributed by atoms with van der Waals surface area (Å²) >= 11 is 0. The van der Waals surface area contributed by atoms with Crippen molar-refractivity contribution in [3.8, 4) is 22.9 Å². The number of hydrogen-bond donors (Lipinski definition) is 2. The number of nitrogen functional groups attached to an aromatic ring is 2. The van der Waals surface area contributed by atoms with Gasteiger partial charge in [0.15, 0.2) is 11.6 Å². The minimum atomic E-state index is -0.529. The quantitative estimate of drug-likeness (QED) is 0.650. The lowest BCUT2D eigenvalue weighted by Crippen LogP contribution is -2.12. The molecule has 2 heterocycles. The van der Waals surface area contributed by atoms with E-state index in [4.69, 9.17) is 20.9 Å². The lowest BCUT2D eigenvalue weighted by atomic mass is 9.79. The van der Waals surface area contributed by atoms with Gasteiger partial charge in [0, 0.05) is 24.3 Å². The van der Waals surface area contributed by atoms with Gasteiger partial charge < -0.3 is 20.9 Å². The molecule has 0 atom stereocenters. The summed E-state index contributed by atoms with van der Waals surface area (Å²) in [5, 5.41) is 0. The highest BCUT2D eigenvalue weighted by molar-refractivity contribution is 5.64. The second kappa shape index (κ2) is 7.96. The second-order valence-corrected chi connectivity index (χ2v) is 6.89. The number of ether oxygens (including phenoxy) is 2. The van der Waals surface area contributed by atoms with E-state index in [1.54, 1.807) is 19.2 Å². The molecule has 0 radical (unpaired) electrons. The molecule has 9 heteroatoms. The molecule has 0 unspecified atom stereocenters. The number of hydrogen-bond acceptors (Lipinski definition) is 8. The molecule has 29 heavy (non-hydrogen) atoms. The van der Waals surface area contributed by atoms with Gasteiger partial charge in [-0.05, 0) is 24.8 Å². The summed E-state index contributed by atoms with van der Waals surface area (Å²) in [5.74, 6) is 0.277. The number of aromatic nitrogens is 4. The Hall–Kier alpha value is -3.33. The smallest absolute Gasteiger partial charge is 0.224 e. The van der Waals surface area contributed by atoms with E-state index in [1.807, 2.05) is 6.07 Å². The van der Waals surface area contributed by atoms with Crippen LogP contribution < -0.4 is 16.2 Å². The summed E-state index contributed by atoms with van der Waals surface area (Å²) in [6.07, 6.45) is 5.89. The predicted molar refractivity (Wildman–Crippen MR) is 106 cm³/mol. The van der Waals surface area contributed by atoms with Crippen LogP contribution in [0.4, 0.5) is 16.2 Å². The zero-order valence-corrected chi connectivity index (χ0v) is 15.9. The Morgan fingerprint density at radius 2 is 1.97 bits per heavy atom. The van der Waals surface area contributed by atoms with Gasteiger partial charge in [-0.15, -0.1) is 0 Å². The van der Waals surface area contributed by atoms with Crippen LogP contribution in [-0.4, -0.2) is 27.0 Å². The molecule has 2 aromatic heterocycles. The zero-order valence-electron chi connectivity index (χ0n) is 15.9. The van der Waals surface area contributed by atoms with Crippen LogP contribution in [0.2, 0.25) is 0 Å². The van der Waals surface area contributed by atoms with E-state index in [9.17, 15) is 0 Å². The van der Waals surface area contributed by atoms with E-state index in [-0.39, 0.29) is 41.5 Å². The van der Waals surface area contributed by atoms with Gasteiger partial charge in [-0.25, -0.2) is 14.4 Å². The largest absolute Gasteiger partial charge is 0.435 e. The van der Waals surface area contributed by atoms with E-state index in [0.29, 0.717) is 11.4 Å². The molecule has 0 amide bonds. The van der Waals surface area contributed by atoms with Crippen molar-refractivity contribution in [1.29, 1.82) is 0 Å². The maximum absolute atomic E-state index is 15.6. The average Bonchev–Trinajstić information content (AvgIpc) is 2.64. The van der Waals surface area contributed by atoms with Crippen molar-refractivity contribution in [3.05, 3.63) is 47.7 Å². The average molecular weight is 396 g/mol. The first-order valence-electron chi connectivity index (χ1n) is 9.25. The number of halogens is 1. The van der Waals surface area contributed by atoms with Crippen LogP contribution in [0.25, 0.3) is 11.3 Å². The number of methoxy groups -OCH3 is 1. The van der Waals surface area contributed by atoms with Crippen molar-refractivity contribution in [3.63, 3.8) is 0 Å². The predicted octanol–water partition coefficient (Wildman–Crippen LogP) is 3.44. The van der Waals surface area contributed by atoms with Crippen molar-refractivity contribution in [2.45, 2.75) is 31.8 Å². The Kier molecular flexibility index (Phi) is 5.22. The maximum atomic E-state index is 15.6. The van der Waals surface area contributed by atoms with E-state index in [2.05, 4.69) is 19.9 Å². The fraction of sp³-hybridized carbons (Fsp3) is 0.300. The summed E-state index contributed by atoms with van der Waals surface area (Å²) in [4.78, 5) is 16.3. The van der Waals surface area contributed by atoms with Gasteiger partial charge in [0.05, 0.1) is 30.4 Å². The van der Waals surface area contributed by atoms with Crippen LogP contribution in [0.5, 0.6) is 11.6 Å². The Balaban J connectivity index is 1.77. The summed E-state index contributed by atoms with van der Waals surface area (Å²) in [6.45, 7) is 0.238. The van der Waals surface area contributed by atoms with E-state index >= 15 is 4.39 Å². The van der Waals surface area contributed by atoms with Crippen molar-refractivity contribution >= 4 is 11.8 Å². The van der Waals surface area contributed by atoms with E-state index in [1.165, 1.54) is 12.4 Å². The molecule has 1 fully saturated rings. The van der Waals surface area contributed by atoms with Gasteiger partial charge in [0.2, 0.25) is 11.8 Å². The molecule has 0 aliphatic heterocycles. The molecule has 0 spiro atoms. The van der Waals surface area contributed by atoms with Gasteiger partial charge >= 0.3 is 0 Å². The summed E-state index contributed by atoms with van der Waals surface area (Å²) < 4.78 is 26.6. The van der Waals surface area contributed by atoms with Crippen LogP contribution in [0.1, 0.15) is 36.4 Å². The van der Waals surface area contributed by atoms with Crippen LogP contribution in [-0.2, 0) is 11.3 Å². The Bertz CT molecular complexity index is 1020. The highest BCUT2D eigenvalue weighted by atomic mass is 19.1. The monoisotopic (exact) mass is 396 g/mol. The van der Waals surface area contributed by atoms with Crippen LogP contribution in [0.15, 0.2) is 30.6 Å². The molecular weight excluding hydrogens is 375 g/mol. The highest BCUT2D eigenvalue weighted by Crippen LogP contribution is 2.44. The second-order valence-electron chi connectivity index (χ2n) is 6.89. The molecule has 3 aromatic rings. The first-order valence-corrected chi connectivity index (χ1v) is 9.25. The SMILES string of the molecule is COCc1cc(Oc2c(C3CCC3)ccc(-c3cnc(N)cn3)c2F)nc(N)n1. The van der Waals surface area contributed by atoms with Gasteiger partial charge in [0.25, 0.3) is 0 Å². The molecule has 1 aliphatic rings. The van der Waals surface area contributed by atoms with Crippen molar-refractivity contribution in [2.24, 2.45) is 0 Å². The van der Waals surface area contributed by atoms with Gasteiger partial charge in [-0.2, -0.15) is 4.98 Å². The third-order valence-electron chi connectivity index (χ3n) is 4.89. The third-order valence-corrected chi connectivity index (χ3v) is 4.89. The number of rotatable bonds is 6. The number of nitrogens with zero attached hydrogens (tertiary/aromatic N) is 4. The van der Waals surface area contributed by atoms with E-state index < -0.39 is 5.82 Å². The molecule has 0 bridgehead atoms. The highest BCUT2D eigenvalue weighted by Gasteiger charge is 2.27. The first-order chi connectivity index (χ1) is 14.0. The van der Waals surface area contributed by atoms with Crippen molar-refractivity contribution < 1.29 is 13.9 Å². The van der Waals surface area contributed by atoms with Gasteiger partial charge in [-0.1, -0.05) is 12.5 Å². The maximum Gasteiger partial charge on any atom is 0.224 e. The minimum Gasteiger partial charge on any atom is -0.435 e. The van der Waals surface area contributed by atoms with Crippen LogP contribution in [0, 0.1) is 5.82 Å². The molecule has 4 rings (SSSR count). The topological polar surface area (TPSA) is 122 Å². The van der Waals surface area contributed by atoms with Gasteiger partial charge in [0.1, 0.15) is 5.82 Å². The number of benzene rings is 1. The van der Waals surface area contributed by atoms with Crippen molar-refractivity contribution in [2.75, 3.05) is 18.6 Å². The summed E-state index contributed by atoms with van der Waals surface area (Å²) in [6, 6.07) is 5.15. The van der Waals surface area contributed by atoms with E-state index in [0.717, 1.165) is 24.8 Å². The molecule has 1 saturated carbocycles. The van der Waals surface area contributed by atoms with Crippen LogP contribution >= 0.6 is 0 Å². The fourth-order valence-electron chi connectivity index (χ4n) is 3.26. The van der Waals surface area contributed by atoms with Crippen molar-refractivity contribution in [1.82, 2.24) is 19.9 Å². The molecular formula is C20H21FN6O2. The van der Waals surface area contributed by atoms with Gasteiger partial charge in [-0.3, -0.25) is 4.98 Å². The Labute approximate surface area is 167 Å². The lowest BCUT2D eigenvalue weighted by molar-refractivity contribution is 0.181.